The first-order valence-corrected chi connectivity index (χ1v) is 4.37. The summed E-state index contributed by atoms with van der Waals surface area (Å²) < 4.78 is 0. The monoisotopic (exact) mass is 185 g/mol. The molecule has 0 saturated carbocycles. The minimum absolute atomic E-state index is 0.212. The molecule has 0 saturated heterocycles. The van der Waals surface area contributed by atoms with Gasteiger partial charge < -0.3 is 11.5 Å². The summed E-state index contributed by atoms with van der Waals surface area (Å²) in [5.74, 6) is 0.422. The zero-order valence-corrected chi connectivity index (χ0v) is 8.79. The van der Waals surface area contributed by atoms with E-state index in [0.717, 1.165) is 0 Å². The molecule has 1 amide bonds. The van der Waals surface area contributed by atoms with Crippen molar-refractivity contribution in [3.8, 4) is 0 Å². The van der Waals surface area contributed by atoms with Crippen LogP contribution < -0.4 is 11.5 Å². The van der Waals surface area contributed by atoms with Crippen LogP contribution in [0.5, 0.6) is 0 Å². The number of hydrogen-bond acceptors (Lipinski definition) is 2. The number of amides is 1. The molecule has 4 N–H and O–H groups in total. The number of nitrogens with two attached hydrogens (primary N) is 2. The summed E-state index contributed by atoms with van der Waals surface area (Å²) in [5.41, 5.74) is 10.2. The van der Waals surface area contributed by atoms with Gasteiger partial charge >= 0.3 is 0 Å². The van der Waals surface area contributed by atoms with Gasteiger partial charge in [-0.2, -0.15) is 0 Å². The molecule has 0 heterocycles. The van der Waals surface area contributed by atoms with Gasteiger partial charge in [-0.1, -0.05) is 13.8 Å². The molecule has 0 radical (unpaired) electrons. The molecular formula is C9H19N3O. The van der Waals surface area contributed by atoms with Crippen molar-refractivity contribution in [2.75, 3.05) is 6.54 Å². The maximum absolute atomic E-state index is 10.9. The van der Waals surface area contributed by atoms with Gasteiger partial charge in [0.1, 0.15) is 0 Å². The summed E-state index contributed by atoms with van der Waals surface area (Å²) >= 11 is 0. The Kier molecular flexibility index (Phi) is 3.91. The first kappa shape index (κ1) is 11.9. The number of hydrogen-bond donors (Lipinski definition) is 2. The van der Waals surface area contributed by atoms with Crippen LogP contribution in [0.3, 0.4) is 0 Å². The summed E-state index contributed by atoms with van der Waals surface area (Å²) in [7, 11) is 0. The van der Waals surface area contributed by atoms with E-state index in [0.29, 0.717) is 12.4 Å². The van der Waals surface area contributed by atoms with Gasteiger partial charge in [0.05, 0.1) is 17.8 Å². The Balaban J connectivity index is 4.31. The SMILES string of the molecule is CC(C)C(N)=NCC(C)(C)C(N)=O. The molecular weight excluding hydrogens is 166 g/mol. The van der Waals surface area contributed by atoms with E-state index in [1.807, 2.05) is 13.8 Å². The molecule has 0 rings (SSSR count). The van der Waals surface area contributed by atoms with Crippen LogP contribution in [0.1, 0.15) is 27.7 Å². The summed E-state index contributed by atoms with van der Waals surface area (Å²) in [4.78, 5) is 15.0. The van der Waals surface area contributed by atoms with Crippen LogP contribution in [-0.2, 0) is 4.79 Å². The Morgan fingerprint density at radius 1 is 1.38 bits per heavy atom. The highest BCUT2D eigenvalue weighted by Gasteiger charge is 2.24. The Morgan fingerprint density at radius 3 is 2.15 bits per heavy atom. The van der Waals surface area contributed by atoms with Gasteiger partial charge in [-0.15, -0.1) is 0 Å². The zero-order chi connectivity index (χ0) is 10.6. The predicted octanol–water partition coefficient (Wildman–Crippen LogP) is 0.511. The van der Waals surface area contributed by atoms with Crippen LogP contribution in [-0.4, -0.2) is 18.3 Å². The maximum Gasteiger partial charge on any atom is 0.224 e. The van der Waals surface area contributed by atoms with E-state index < -0.39 is 5.41 Å². The summed E-state index contributed by atoms with van der Waals surface area (Å²) in [6.45, 7) is 7.78. The lowest BCUT2D eigenvalue weighted by Gasteiger charge is -2.18. The normalized spacial score (nSPS) is 13.5. The Morgan fingerprint density at radius 2 is 1.85 bits per heavy atom. The van der Waals surface area contributed by atoms with Crippen LogP contribution in [0.2, 0.25) is 0 Å². The number of aliphatic imine (C=N–C) groups is 1. The van der Waals surface area contributed by atoms with Gasteiger partial charge in [0.25, 0.3) is 0 Å². The van der Waals surface area contributed by atoms with Crippen molar-refractivity contribution >= 4 is 11.7 Å². The molecule has 4 nitrogen and oxygen atoms in total. The number of amidine groups is 1. The van der Waals surface area contributed by atoms with Crippen molar-refractivity contribution in [1.29, 1.82) is 0 Å². The molecule has 0 aromatic rings. The van der Waals surface area contributed by atoms with Gasteiger partial charge in [-0.25, -0.2) is 0 Å². The zero-order valence-electron chi connectivity index (χ0n) is 8.79. The van der Waals surface area contributed by atoms with Crippen molar-refractivity contribution in [2.45, 2.75) is 27.7 Å². The molecule has 0 aliphatic heterocycles. The van der Waals surface area contributed by atoms with Crippen LogP contribution in [0.4, 0.5) is 0 Å². The van der Waals surface area contributed by atoms with Crippen molar-refractivity contribution in [3.05, 3.63) is 0 Å². The Hall–Kier alpha value is -1.06. The fraction of sp³-hybridized carbons (Fsp3) is 0.778. The van der Waals surface area contributed by atoms with Crippen molar-refractivity contribution in [1.82, 2.24) is 0 Å². The van der Waals surface area contributed by atoms with E-state index in [-0.39, 0.29) is 11.8 Å². The Labute approximate surface area is 79.4 Å². The second-order valence-corrected chi connectivity index (χ2v) is 4.14. The number of nitrogens with zero attached hydrogens (tertiary/aromatic N) is 1. The van der Waals surface area contributed by atoms with E-state index >= 15 is 0 Å². The van der Waals surface area contributed by atoms with E-state index in [2.05, 4.69) is 4.99 Å². The molecule has 0 unspecified atom stereocenters. The lowest BCUT2D eigenvalue weighted by molar-refractivity contribution is -0.125. The minimum Gasteiger partial charge on any atom is -0.387 e. The van der Waals surface area contributed by atoms with Gasteiger partial charge in [-0.05, 0) is 13.8 Å². The molecule has 0 atom stereocenters. The van der Waals surface area contributed by atoms with Gasteiger partial charge in [0.15, 0.2) is 0 Å². The molecule has 0 aromatic heterocycles. The average molecular weight is 185 g/mol. The van der Waals surface area contributed by atoms with Crippen LogP contribution in [0, 0.1) is 11.3 Å². The topological polar surface area (TPSA) is 81.5 Å². The number of primary amides is 1. The highest BCUT2D eigenvalue weighted by Crippen LogP contribution is 2.14. The molecule has 0 bridgehead atoms. The van der Waals surface area contributed by atoms with E-state index in [4.69, 9.17) is 11.5 Å². The molecule has 13 heavy (non-hydrogen) atoms. The smallest absolute Gasteiger partial charge is 0.224 e. The highest BCUT2D eigenvalue weighted by atomic mass is 16.1. The minimum atomic E-state index is -0.612. The van der Waals surface area contributed by atoms with Crippen molar-refractivity contribution < 1.29 is 4.79 Å². The summed E-state index contributed by atoms with van der Waals surface area (Å²) in [5, 5.41) is 0. The third-order valence-electron chi connectivity index (χ3n) is 1.92. The van der Waals surface area contributed by atoms with Gasteiger partial charge in [0, 0.05) is 5.92 Å². The molecule has 76 valence electrons. The van der Waals surface area contributed by atoms with Crippen LogP contribution in [0.25, 0.3) is 0 Å². The average Bonchev–Trinajstić information content (AvgIpc) is 1.99. The van der Waals surface area contributed by atoms with Crippen LogP contribution in [0.15, 0.2) is 4.99 Å². The molecule has 0 spiro atoms. The quantitative estimate of drug-likeness (QED) is 0.494. The fourth-order valence-corrected chi connectivity index (χ4v) is 0.549. The van der Waals surface area contributed by atoms with E-state index in [1.54, 1.807) is 13.8 Å². The predicted molar refractivity (Wildman–Crippen MR) is 54.3 cm³/mol. The summed E-state index contributed by atoms with van der Waals surface area (Å²) in [6, 6.07) is 0. The standard InChI is InChI=1S/C9H19N3O/c1-6(2)7(10)12-5-9(3,4)8(11)13/h6H,5H2,1-4H3,(H2,10,12)(H2,11,13). The second-order valence-electron chi connectivity index (χ2n) is 4.14. The van der Waals surface area contributed by atoms with Crippen molar-refractivity contribution in [3.63, 3.8) is 0 Å². The first-order chi connectivity index (χ1) is 5.77. The third-order valence-corrected chi connectivity index (χ3v) is 1.92. The van der Waals surface area contributed by atoms with E-state index in [9.17, 15) is 4.79 Å². The van der Waals surface area contributed by atoms with E-state index in [1.165, 1.54) is 0 Å². The Bertz CT molecular complexity index is 219. The molecule has 0 aliphatic carbocycles. The fourth-order valence-electron chi connectivity index (χ4n) is 0.549. The second kappa shape index (κ2) is 4.25. The maximum atomic E-state index is 10.9. The summed E-state index contributed by atoms with van der Waals surface area (Å²) in [6.07, 6.45) is 0. The molecule has 0 aliphatic rings. The van der Waals surface area contributed by atoms with Gasteiger partial charge in [-0.3, -0.25) is 9.79 Å². The van der Waals surface area contributed by atoms with Crippen molar-refractivity contribution in [2.24, 2.45) is 27.8 Å². The number of carbonyl (C=O) groups excluding carboxylic acids is 1. The molecule has 0 aromatic carbocycles. The number of rotatable bonds is 4. The molecule has 0 fully saturated rings. The lowest BCUT2D eigenvalue weighted by Crippen LogP contribution is -2.35. The van der Waals surface area contributed by atoms with Gasteiger partial charge in [0.2, 0.25) is 5.91 Å². The number of carbonyl (C=O) groups is 1. The largest absolute Gasteiger partial charge is 0.387 e. The highest BCUT2D eigenvalue weighted by molar-refractivity contribution is 5.83. The lowest BCUT2D eigenvalue weighted by atomic mass is 9.93. The molecule has 4 heteroatoms. The third kappa shape index (κ3) is 3.92. The first-order valence-electron chi connectivity index (χ1n) is 4.37. The van der Waals surface area contributed by atoms with Crippen LogP contribution >= 0.6 is 0 Å².